The second-order valence-corrected chi connectivity index (χ2v) is 7.70. The molecule has 0 atom stereocenters. The van der Waals surface area contributed by atoms with Gasteiger partial charge in [0, 0.05) is 16.1 Å². The molecule has 0 aromatic heterocycles. The molecule has 0 aliphatic carbocycles. The summed E-state index contributed by atoms with van der Waals surface area (Å²) in [5.74, 6) is 0.335. The van der Waals surface area contributed by atoms with E-state index in [2.05, 4.69) is 5.16 Å². The summed E-state index contributed by atoms with van der Waals surface area (Å²) in [7, 11) is 0. The number of carbonyl (C=O) groups is 1. The van der Waals surface area contributed by atoms with E-state index in [4.69, 9.17) is 37.5 Å². The SMILES string of the molecule is CCOc1cc(/C=C2\C(=O)ON=C2c2ccccc2)cc(Cl)c1OCc1ccccc1Cl. The highest BCUT2D eigenvalue weighted by Crippen LogP contribution is 2.38. The van der Waals surface area contributed by atoms with E-state index in [-0.39, 0.29) is 6.61 Å². The Balaban J connectivity index is 1.66. The van der Waals surface area contributed by atoms with Crippen LogP contribution in [0.15, 0.2) is 77.5 Å². The Labute approximate surface area is 195 Å². The van der Waals surface area contributed by atoms with E-state index < -0.39 is 5.97 Å². The Morgan fingerprint density at radius 1 is 0.969 bits per heavy atom. The molecule has 0 amide bonds. The quantitative estimate of drug-likeness (QED) is 0.301. The fourth-order valence-corrected chi connectivity index (χ4v) is 3.68. The molecule has 162 valence electrons. The lowest BCUT2D eigenvalue weighted by molar-refractivity contribution is -0.136. The third-order valence-electron chi connectivity index (χ3n) is 4.71. The molecule has 0 N–H and O–H groups in total. The van der Waals surface area contributed by atoms with Gasteiger partial charge in [-0.25, -0.2) is 4.79 Å². The van der Waals surface area contributed by atoms with Gasteiger partial charge in [-0.2, -0.15) is 0 Å². The number of hydrogen-bond acceptors (Lipinski definition) is 5. The molecule has 0 radical (unpaired) electrons. The van der Waals surface area contributed by atoms with Crippen molar-refractivity contribution in [2.45, 2.75) is 13.5 Å². The molecular weight excluding hydrogens is 449 g/mol. The number of rotatable bonds is 7. The van der Waals surface area contributed by atoms with Crippen molar-refractivity contribution in [3.05, 3.63) is 99.0 Å². The maximum Gasteiger partial charge on any atom is 0.368 e. The predicted molar refractivity (Wildman–Crippen MR) is 125 cm³/mol. The van der Waals surface area contributed by atoms with Crippen molar-refractivity contribution < 1.29 is 19.1 Å². The van der Waals surface area contributed by atoms with Crippen molar-refractivity contribution in [3.63, 3.8) is 0 Å². The molecule has 0 bridgehead atoms. The van der Waals surface area contributed by atoms with E-state index in [0.29, 0.717) is 45.0 Å². The molecule has 0 spiro atoms. The average Bonchev–Trinajstić information content (AvgIpc) is 3.15. The van der Waals surface area contributed by atoms with Crippen molar-refractivity contribution in [1.82, 2.24) is 0 Å². The van der Waals surface area contributed by atoms with E-state index in [9.17, 15) is 4.79 Å². The molecule has 0 unspecified atom stereocenters. The smallest absolute Gasteiger partial charge is 0.368 e. The van der Waals surface area contributed by atoms with Gasteiger partial charge in [0.15, 0.2) is 11.5 Å². The molecule has 3 aromatic rings. The number of ether oxygens (including phenoxy) is 2. The molecule has 3 aromatic carbocycles. The standard InChI is InChI=1S/C25H19Cl2NO4/c1-2-30-22-14-16(12-19-23(28-32-25(19)29)17-8-4-3-5-9-17)13-21(27)24(22)31-15-18-10-6-7-11-20(18)26/h3-14H,2,15H2,1H3/b19-12-. The highest BCUT2D eigenvalue weighted by molar-refractivity contribution is 6.33. The fourth-order valence-electron chi connectivity index (χ4n) is 3.22. The molecule has 1 aliphatic rings. The molecule has 32 heavy (non-hydrogen) atoms. The van der Waals surface area contributed by atoms with Crippen LogP contribution in [0, 0.1) is 0 Å². The minimum Gasteiger partial charge on any atom is -0.490 e. The summed E-state index contributed by atoms with van der Waals surface area (Å²) in [6.07, 6.45) is 1.67. The molecule has 5 nitrogen and oxygen atoms in total. The van der Waals surface area contributed by atoms with Crippen LogP contribution >= 0.6 is 23.2 Å². The van der Waals surface area contributed by atoms with Crippen LogP contribution in [-0.4, -0.2) is 18.3 Å². The first-order valence-electron chi connectivity index (χ1n) is 9.96. The van der Waals surface area contributed by atoms with Gasteiger partial charge in [-0.1, -0.05) is 76.9 Å². The lowest BCUT2D eigenvalue weighted by Crippen LogP contribution is -2.07. The summed E-state index contributed by atoms with van der Waals surface area (Å²) < 4.78 is 11.7. The molecule has 1 heterocycles. The van der Waals surface area contributed by atoms with Crippen molar-refractivity contribution in [1.29, 1.82) is 0 Å². The minimum absolute atomic E-state index is 0.233. The maximum atomic E-state index is 12.3. The molecular formula is C25H19Cl2NO4. The van der Waals surface area contributed by atoms with E-state index in [1.165, 1.54) is 0 Å². The lowest BCUT2D eigenvalue weighted by atomic mass is 10.0. The zero-order valence-electron chi connectivity index (χ0n) is 17.2. The van der Waals surface area contributed by atoms with Crippen molar-refractivity contribution >= 4 is 41.0 Å². The van der Waals surface area contributed by atoms with Gasteiger partial charge in [0.25, 0.3) is 0 Å². The predicted octanol–water partition coefficient (Wildman–Crippen LogP) is 6.32. The van der Waals surface area contributed by atoms with Gasteiger partial charge in [0.2, 0.25) is 0 Å². The van der Waals surface area contributed by atoms with Gasteiger partial charge < -0.3 is 14.3 Å². The van der Waals surface area contributed by atoms with E-state index in [0.717, 1.165) is 11.1 Å². The fraction of sp³-hybridized carbons (Fsp3) is 0.120. The first-order valence-corrected chi connectivity index (χ1v) is 10.7. The Morgan fingerprint density at radius 2 is 1.72 bits per heavy atom. The minimum atomic E-state index is -0.531. The summed E-state index contributed by atoms with van der Waals surface area (Å²) in [6.45, 7) is 2.51. The summed E-state index contributed by atoms with van der Waals surface area (Å²) in [6, 6.07) is 20.2. The first-order chi connectivity index (χ1) is 15.6. The van der Waals surface area contributed by atoms with Gasteiger partial charge in [0.05, 0.1) is 17.2 Å². The number of nitrogens with zero attached hydrogens (tertiary/aromatic N) is 1. The summed E-state index contributed by atoms with van der Waals surface area (Å²) in [5.41, 5.74) is 3.06. The van der Waals surface area contributed by atoms with E-state index in [1.807, 2.05) is 55.5 Å². The zero-order valence-corrected chi connectivity index (χ0v) is 18.7. The first kappa shape index (κ1) is 21.9. The third-order valence-corrected chi connectivity index (χ3v) is 5.36. The molecule has 1 aliphatic heterocycles. The van der Waals surface area contributed by atoms with E-state index in [1.54, 1.807) is 24.3 Å². The van der Waals surface area contributed by atoms with Crippen LogP contribution < -0.4 is 9.47 Å². The van der Waals surface area contributed by atoms with Crippen LogP contribution in [0.5, 0.6) is 11.5 Å². The normalized spacial score (nSPS) is 14.3. The Morgan fingerprint density at radius 3 is 2.47 bits per heavy atom. The zero-order chi connectivity index (χ0) is 22.5. The Hall–Kier alpha value is -3.28. The third kappa shape index (κ3) is 4.79. The molecule has 0 saturated carbocycles. The van der Waals surface area contributed by atoms with Crippen LogP contribution in [-0.2, 0) is 16.2 Å². The largest absolute Gasteiger partial charge is 0.490 e. The number of halogens is 2. The second-order valence-electron chi connectivity index (χ2n) is 6.89. The molecule has 0 fully saturated rings. The summed E-state index contributed by atoms with van der Waals surface area (Å²) in [4.78, 5) is 17.2. The number of oxime groups is 1. The average molecular weight is 468 g/mol. The van der Waals surface area contributed by atoms with E-state index >= 15 is 0 Å². The Bertz CT molecular complexity index is 1210. The van der Waals surface area contributed by atoms with Crippen molar-refractivity contribution in [2.24, 2.45) is 5.16 Å². The maximum absolute atomic E-state index is 12.3. The van der Waals surface area contributed by atoms with Gasteiger partial charge in [0.1, 0.15) is 12.3 Å². The van der Waals surface area contributed by atoms with Crippen LogP contribution in [0.25, 0.3) is 6.08 Å². The van der Waals surface area contributed by atoms with Gasteiger partial charge in [-0.05, 0) is 36.8 Å². The Kier molecular flexibility index (Phi) is 6.78. The van der Waals surface area contributed by atoms with Crippen LogP contribution in [0.2, 0.25) is 10.0 Å². The number of carbonyl (C=O) groups excluding carboxylic acids is 1. The molecule has 4 rings (SSSR count). The van der Waals surface area contributed by atoms with Gasteiger partial charge in [-0.15, -0.1) is 0 Å². The monoisotopic (exact) mass is 467 g/mol. The lowest BCUT2D eigenvalue weighted by Gasteiger charge is -2.15. The summed E-state index contributed by atoms with van der Waals surface area (Å²) >= 11 is 12.8. The highest BCUT2D eigenvalue weighted by Gasteiger charge is 2.27. The van der Waals surface area contributed by atoms with Crippen molar-refractivity contribution in [3.8, 4) is 11.5 Å². The number of benzene rings is 3. The van der Waals surface area contributed by atoms with Crippen molar-refractivity contribution in [2.75, 3.05) is 6.61 Å². The highest BCUT2D eigenvalue weighted by atomic mass is 35.5. The van der Waals surface area contributed by atoms with Gasteiger partial charge >= 0.3 is 5.97 Å². The van der Waals surface area contributed by atoms with Gasteiger partial charge in [-0.3, -0.25) is 0 Å². The molecule has 0 saturated heterocycles. The number of hydrogen-bond donors (Lipinski definition) is 0. The second kappa shape index (κ2) is 9.90. The molecule has 7 heteroatoms. The van der Waals surface area contributed by atoms with Crippen LogP contribution in [0.1, 0.15) is 23.6 Å². The van der Waals surface area contributed by atoms with Crippen LogP contribution in [0.4, 0.5) is 0 Å². The topological polar surface area (TPSA) is 57.1 Å². The summed E-state index contributed by atoms with van der Waals surface area (Å²) in [5, 5.41) is 4.89. The van der Waals surface area contributed by atoms with Crippen LogP contribution in [0.3, 0.4) is 0 Å².